The molecule has 0 aliphatic heterocycles. The Bertz CT molecular complexity index is 1060. The number of thioether (sulfide) groups is 1. The van der Waals surface area contributed by atoms with E-state index in [0.717, 1.165) is 27.2 Å². The molecular formula is C20H18N2O2S3. The molecule has 0 bridgehead atoms. The molecule has 4 nitrogen and oxygen atoms in total. The maximum Gasteiger partial charge on any atom is 0.150 e. The second-order valence-electron chi connectivity index (χ2n) is 5.81. The van der Waals surface area contributed by atoms with E-state index >= 15 is 0 Å². The molecule has 138 valence electrons. The Morgan fingerprint density at radius 2 is 1.96 bits per heavy atom. The van der Waals surface area contributed by atoms with Crippen LogP contribution in [0, 0.1) is 12.3 Å². The second-order valence-corrected chi connectivity index (χ2v) is 9.39. The molecule has 0 amide bonds. The fourth-order valence-corrected chi connectivity index (χ4v) is 6.24. The number of hydrogen-bond donors (Lipinski definition) is 2. The molecule has 0 radical (unpaired) electrons. The van der Waals surface area contributed by atoms with Crippen LogP contribution in [0.4, 0.5) is 0 Å². The monoisotopic (exact) mass is 414 g/mol. The molecule has 3 rings (SSSR count). The predicted molar refractivity (Wildman–Crippen MR) is 114 cm³/mol. The molecule has 1 atom stereocenters. The molecule has 0 spiro atoms. The molecule has 3 N–H and O–H groups in total. The van der Waals surface area contributed by atoms with E-state index in [4.69, 9.17) is 11.1 Å². The Kier molecular flexibility index (Phi) is 5.94. The Hall–Kier alpha value is -2.22. The van der Waals surface area contributed by atoms with Crippen LogP contribution in [-0.2, 0) is 10.8 Å². The van der Waals surface area contributed by atoms with Crippen molar-refractivity contribution >= 4 is 46.0 Å². The van der Waals surface area contributed by atoms with Gasteiger partial charge in [0.1, 0.15) is 12.1 Å². The zero-order valence-corrected chi connectivity index (χ0v) is 17.3. The smallest absolute Gasteiger partial charge is 0.150 e. The lowest BCUT2D eigenvalue weighted by molar-refractivity contribution is 0.112. The zero-order valence-electron chi connectivity index (χ0n) is 14.8. The third-order valence-electron chi connectivity index (χ3n) is 4.18. The minimum Gasteiger partial charge on any atom is -0.383 e. The summed E-state index contributed by atoms with van der Waals surface area (Å²) in [6.45, 7) is 1.91. The molecule has 0 fully saturated rings. The molecule has 1 aromatic heterocycles. The van der Waals surface area contributed by atoms with Gasteiger partial charge in [-0.15, -0.1) is 23.1 Å². The van der Waals surface area contributed by atoms with Gasteiger partial charge in [0.2, 0.25) is 0 Å². The first-order chi connectivity index (χ1) is 13.0. The van der Waals surface area contributed by atoms with Crippen molar-refractivity contribution in [1.82, 2.24) is 0 Å². The van der Waals surface area contributed by atoms with Crippen molar-refractivity contribution in [3.05, 3.63) is 64.5 Å². The van der Waals surface area contributed by atoms with Gasteiger partial charge in [-0.1, -0.05) is 30.3 Å². The zero-order chi connectivity index (χ0) is 19.6. The first-order valence-electron chi connectivity index (χ1n) is 8.05. The van der Waals surface area contributed by atoms with E-state index in [1.54, 1.807) is 12.1 Å². The van der Waals surface area contributed by atoms with Crippen molar-refractivity contribution in [2.24, 2.45) is 5.73 Å². The van der Waals surface area contributed by atoms with Gasteiger partial charge in [-0.2, -0.15) is 0 Å². The normalized spacial score (nSPS) is 11.9. The fraction of sp³-hybridized carbons (Fsp3) is 0.100. The van der Waals surface area contributed by atoms with Crippen molar-refractivity contribution in [1.29, 1.82) is 5.41 Å². The van der Waals surface area contributed by atoms with Crippen LogP contribution in [0.5, 0.6) is 0 Å². The van der Waals surface area contributed by atoms with Crippen molar-refractivity contribution in [2.75, 3.05) is 6.26 Å². The molecule has 1 heterocycles. The first-order valence-corrected chi connectivity index (χ1v) is 11.2. The molecule has 0 aliphatic carbocycles. The maximum atomic E-state index is 13.2. The van der Waals surface area contributed by atoms with E-state index in [9.17, 15) is 9.00 Å². The van der Waals surface area contributed by atoms with Crippen LogP contribution in [0.25, 0.3) is 11.1 Å². The molecule has 0 aliphatic rings. The van der Waals surface area contributed by atoms with Gasteiger partial charge >= 0.3 is 0 Å². The molecule has 27 heavy (non-hydrogen) atoms. The lowest BCUT2D eigenvalue weighted by Crippen LogP contribution is -2.08. The number of thiophene rings is 1. The summed E-state index contributed by atoms with van der Waals surface area (Å²) < 4.78 is 14.1. The van der Waals surface area contributed by atoms with Crippen LogP contribution < -0.4 is 5.73 Å². The topological polar surface area (TPSA) is 84.0 Å². The Balaban J connectivity index is 2.05. The number of carbonyl (C=O) groups excluding carboxylic acids is 1. The predicted octanol–water partition coefficient (Wildman–Crippen LogP) is 4.71. The summed E-state index contributed by atoms with van der Waals surface area (Å²) in [6, 6.07) is 14.9. The summed E-state index contributed by atoms with van der Waals surface area (Å²) in [4.78, 5) is 13.2. The molecule has 2 aromatic carbocycles. The van der Waals surface area contributed by atoms with E-state index < -0.39 is 10.8 Å². The standard InChI is InChI=1S/C20H18N2O2S3/c1-12-14(11-23)6-4-8-16(12)13-5-3-7-15(9-13)27(24)18-10-17(19(21)22)26-20(18)25-2/h3-11H,1-2H3,(H3,21,22). The third-order valence-corrected chi connectivity index (χ3v) is 8.14. The number of carbonyl (C=O) groups is 1. The van der Waals surface area contributed by atoms with Crippen molar-refractivity contribution in [3.8, 4) is 11.1 Å². The van der Waals surface area contributed by atoms with Gasteiger partial charge in [-0.05, 0) is 48.1 Å². The quantitative estimate of drug-likeness (QED) is 0.265. The average Bonchev–Trinajstić information content (AvgIpc) is 3.12. The largest absolute Gasteiger partial charge is 0.383 e. The van der Waals surface area contributed by atoms with Gasteiger partial charge in [0.25, 0.3) is 0 Å². The number of hydrogen-bond acceptors (Lipinski definition) is 5. The van der Waals surface area contributed by atoms with Crippen LogP contribution in [0.3, 0.4) is 0 Å². The van der Waals surface area contributed by atoms with E-state index in [0.29, 0.717) is 20.2 Å². The van der Waals surface area contributed by atoms with Gasteiger partial charge in [-0.3, -0.25) is 10.2 Å². The van der Waals surface area contributed by atoms with Crippen molar-refractivity contribution in [3.63, 3.8) is 0 Å². The number of aldehydes is 1. The first kappa shape index (κ1) is 19.5. The number of nitrogen functional groups attached to an aromatic ring is 1. The third kappa shape index (κ3) is 3.90. The van der Waals surface area contributed by atoms with Gasteiger partial charge in [0.05, 0.1) is 24.8 Å². The molecule has 0 saturated carbocycles. The number of amidine groups is 1. The van der Waals surface area contributed by atoms with Gasteiger partial charge in [0.15, 0.2) is 0 Å². The molecule has 0 saturated heterocycles. The summed E-state index contributed by atoms with van der Waals surface area (Å²) in [5.41, 5.74) is 8.99. The lowest BCUT2D eigenvalue weighted by Gasteiger charge is -2.10. The Labute approximate surface area is 168 Å². The van der Waals surface area contributed by atoms with Crippen molar-refractivity contribution in [2.45, 2.75) is 20.9 Å². The van der Waals surface area contributed by atoms with Crippen LogP contribution in [0.2, 0.25) is 0 Å². The summed E-state index contributed by atoms with van der Waals surface area (Å²) in [5, 5.41) is 7.63. The van der Waals surface area contributed by atoms with Crippen LogP contribution in [-0.4, -0.2) is 22.6 Å². The summed E-state index contributed by atoms with van der Waals surface area (Å²) in [5.74, 6) is -0.0198. The minimum atomic E-state index is -1.38. The number of rotatable bonds is 6. The highest BCUT2D eigenvalue weighted by atomic mass is 32.2. The molecule has 7 heteroatoms. The van der Waals surface area contributed by atoms with Crippen LogP contribution in [0.15, 0.2) is 62.5 Å². The van der Waals surface area contributed by atoms with Gasteiger partial charge in [-0.25, -0.2) is 4.21 Å². The van der Waals surface area contributed by atoms with Crippen LogP contribution in [0.1, 0.15) is 20.8 Å². The van der Waals surface area contributed by atoms with Gasteiger partial charge in [0, 0.05) is 10.5 Å². The van der Waals surface area contributed by atoms with Gasteiger partial charge < -0.3 is 5.73 Å². The Morgan fingerprint density at radius 1 is 1.22 bits per heavy atom. The highest BCUT2D eigenvalue weighted by Gasteiger charge is 2.18. The van der Waals surface area contributed by atoms with Crippen LogP contribution >= 0.6 is 23.1 Å². The summed E-state index contributed by atoms with van der Waals surface area (Å²) in [7, 11) is -1.38. The minimum absolute atomic E-state index is 0.0198. The Morgan fingerprint density at radius 3 is 2.63 bits per heavy atom. The number of nitrogens with two attached hydrogens (primary N) is 1. The lowest BCUT2D eigenvalue weighted by atomic mass is 9.97. The molecule has 3 aromatic rings. The fourth-order valence-electron chi connectivity index (χ4n) is 2.76. The maximum absolute atomic E-state index is 13.2. The molecule has 1 unspecified atom stereocenters. The SMILES string of the molecule is CSc1sc(C(=N)N)cc1S(=O)c1cccc(-c2cccc(C=O)c2C)c1. The van der Waals surface area contributed by atoms with Crippen molar-refractivity contribution < 1.29 is 9.00 Å². The number of nitrogens with one attached hydrogen (secondary N) is 1. The van der Waals surface area contributed by atoms with E-state index in [1.807, 2.05) is 49.6 Å². The van der Waals surface area contributed by atoms with E-state index in [-0.39, 0.29) is 5.84 Å². The highest BCUT2D eigenvalue weighted by molar-refractivity contribution is 8.01. The summed E-state index contributed by atoms with van der Waals surface area (Å²) in [6.07, 6.45) is 2.77. The average molecular weight is 415 g/mol. The van der Waals surface area contributed by atoms with E-state index in [1.165, 1.54) is 23.1 Å². The second kappa shape index (κ2) is 8.21. The highest BCUT2D eigenvalue weighted by Crippen LogP contribution is 2.36. The van der Waals surface area contributed by atoms with E-state index in [2.05, 4.69) is 0 Å². The summed E-state index contributed by atoms with van der Waals surface area (Å²) >= 11 is 2.88. The molecular weight excluding hydrogens is 396 g/mol. The number of benzene rings is 2.